The van der Waals surface area contributed by atoms with E-state index in [4.69, 9.17) is 4.42 Å². The summed E-state index contributed by atoms with van der Waals surface area (Å²) < 4.78 is 34.4. The molecule has 4 heteroatoms. The number of aryl methyl sites for hydroxylation is 4. The van der Waals surface area contributed by atoms with E-state index in [1.807, 2.05) is 13.0 Å². The van der Waals surface area contributed by atoms with E-state index in [1.165, 1.54) is 0 Å². The zero-order valence-corrected chi connectivity index (χ0v) is 16.5. The molecule has 0 radical (unpaired) electrons. The van der Waals surface area contributed by atoms with E-state index in [1.54, 1.807) is 30.3 Å². The van der Waals surface area contributed by atoms with Crippen molar-refractivity contribution in [2.45, 2.75) is 58.8 Å². The lowest BCUT2D eigenvalue weighted by atomic mass is 9.99. The van der Waals surface area contributed by atoms with Gasteiger partial charge >= 0.3 is 5.63 Å². The highest BCUT2D eigenvalue weighted by molar-refractivity contribution is 5.82. The minimum absolute atomic E-state index is 0.0264. The Morgan fingerprint density at radius 3 is 2.36 bits per heavy atom. The second-order valence-electron chi connectivity index (χ2n) is 7.24. The third kappa shape index (κ3) is 4.49. The van der Waals surface area contributed by atoms with Gasteiger partial charge in [-0.25, -0.2) is 13.6 Å². The molecule has 2 nitrogen and oxygen atoms in total. The van der Waals surface area contributed by atoms with E-state index in [9.17, 15) is 13.6 Å². The molecule has 0 unspecified atom stereocenters. The van der Waals surface area contributed by atoms with Crippen LogP contribution in [-0.4, -0.2) is 0 Å². The molecule has 0 saturated carbocycles. The Morgan fingerprint density at radius 1 is 0.893 bits per heavy atom. The molecular weight excluding hydrogens is 358 g/mol. The highest BCUT2D eigenvalue weighted by Gasteiger charge is 2.14. The van der Waals surface area contributed by atoms with Crippen molar-refractivity contribution >= 4 is 10.8 Å². The molecule has 0 aliphatic rings. The van der Waals surface area contributed by atoms with Crippen molar-refractivity contribution in [1.82, 2.24) is 0 Å². The molecule has 3 rings (SSSR count). The molecule has 0 N–H and O–H groups in total. The normalized spacial score (nSPS) is 11.3. The molecule has 0 fully saturated rings. The smallest absolute Gasteiger partial charge is 0.346 e. The van der Waals surface area contributed by atoms with E-state index in [0.717, 1.165) is 31.2 Å². The number of hydrogen-bond acceptors (Lipinski definition) is 2. The summed E-state index contributed by atoms with van der Waals surface area (Å²) in [6.45, 7) is 4.01. The molecule has 0 aliphatic heterocycles. The van der Waals surface area contributed by atoms with Crippen molar-refractivity contribution in [3.8, 4) is 0 Å². The summed E-state index contributed by atoms with van der Waals surface area (Å²) in [5.74, 6) is -0.279. The zero-order chi connectivity index (χ0) is 20.1. The lowest BCUT2D eigenvalue weighted by Gasteiger charge is -2.09. The summed E-state index contributed by atoms with van der Waals surface area (Å²) in [5, 5.41) is 0.512. The molecule has 3 aromatic rings. The molecule has 2 aromatic carbocycles. The van der Waals surface area contributed by atoms with Crippen molar-refractivity contribution in [3.63, 3.8) is 0 Å². The van der Waals surface area contributed by atoms with Gasteiger partial charge in [-0.15, -0.1) is 0 Å². The van der Waals surface area contributed by atoms with Gasteiger partial charge in [-0.3, -0.25) is 0 Å². The minimum atomic E-state index is -0.656. The second kappa shape index (κ2) is 9.13. The summed E-state index contributed by atoms with van der Waals surface area (Å²) >= 11 is 0. The molecule has 0 atom stereocenters. The Balaban J connectivity index is 1.77. The van der Waals surface area contributed by atoms with Gasteiger partial charge in [0.05, 0.1) is 0 Å². The molecule has 1 heterocycles. The fraction of sp³-hybridized carbons (Fsp3) is 0.375. The third-order valence-electron chi connectivity index (χ3n) is 5.20. The number of rotatable bonds is 8. The summed E-state index contributed by atoms with van der Waals surface area (Å²) in [7, 11) is 0. The van der Waals surface area contributed by atoms with Crippen LogP contribution in [0, 0.1) is 11.6 Å². The maximum atomic E-state index is 14.9. The molecule has 0 bridgehead atoms. The molecule has 0 amide bonds. The highest BCUT2D eigenvalue weighted by Crippen LogP contribution is 2.22. The quantitative estimate of drug-likeness (QED) is 0.436. The lowest BCUT2D eigenvalue weighted by Crippen LogP contribution is -2.07. The van der Waals surface area contributed by atoms with E-state index in [0.29, 0.717) is 41.5 Å². The van der Waals surface area contributed by atoms with Crippen LogP contribution in [0.15, 0.2) is 45.6 Å². The number of benzene rings is 2. The standard InChI is InChI=1S/C24H26F2O2/c1-3-5-6-7-16-8-9-17(21(25)14-16)10-11-18-12-13-19-15-20(4-2)28-24(27)22(19)23(18)26/h8-9,12-15H,3-7,10-11H2,1-2H3. The molecule has 0 aliphatic carbocycles. The number of halogens is 2. The predicted octanol–water partition coefficient (Wildman–Crippen LogP) is 6.15. The van der Waals surface area contributed by atoms with Crippen LogP contribution in [0.3, 0.4) is 0 Å². The van der Waals surface area contributed by atoms with E-state index < -0.39 is 11.4 Å². The Morgan fingerprint density at radius 2 is 1.64 bits per heavy atom. The largest absolute Gasteiger partial charge is 0.427 e. The fourth-order valence-electron chi connectivity index (χ4n) is 3.50. The van der Waals surface area contributed by atoms with Crippen LogP contribution >= 0.6 is 0 Å². The van der Waals surface area contributed by atoms with Gasteiger partial charge in [-0.1, -0.05) is 51.0 Å². The summed E-state index contributed by atoms with van der Waals surface area (Å²) in [6, 6.07) is 10.4. The summed E-state index contributed by atoms with van der Waals surface area (Å²) in [4.78, 5) is 12.1. The van der Waals surface area contributed by atoms with Crippen molar-refractivity contribution in [3.05, 3.63) is 80.9 Å². The molecule has 148 valence electrons. The van der Waals surface area contributed by atoms with Crippen LogP contribution in [0.5, 0.6) is 0 Å². The van der Waals surface area contributed by atoms with Gasteiger partial charge in [0.25, 0.3) is 0 Å². The van der Waals surface area contributed by atoms with Crippen LogP contribution in [0.1, 0.15) is 55.6 Å². The van der Waals surface area contributed by atoms with Crippen molar-refractivity contribution in [1.29, 1.82) is 0 Å². The second-order valence-corrected chi connectivity index (χ2v) is 7.24. The monoisotopic (exact) mass is 384 g/mol. The summed E-state index contributed by atoms with van der Waals surface area (Å²) in [6.07, 6.45) is 5.47. The van der Waals surface area contributed by atoms with Crippen LogP contribution in [0.25, 0.3) is 10.8 Å². The van der Waals surface area contributed by atoms with Gasteiger partial charge in [0.2, 0.25) is 0 Å². The average Bonchev–Trinajstić information content (AvgIpc) is 2.68. The van der Waals surface area contributed by atoms with E-state index in [-0.39, 0.29) is 11.2 Å². The first-order chi connectivity index (χ1) is 13.5. The number of fused-ring (bicyclic) bond motifs is 1. The van der Waals surface area contributed by atoms with Crippen LogP contribution in [0.4, 0.5) is 8.78 Å². The van der Waals surface area contributed by atoms with Gasteiger partial charge in [0.15, 0.2) is 0 Å². The first-order valence-corrected chi connectivity index (χ1v) is 10.0. The van der Waals surface area contributed by atoms with Gasteiger partial charge < -0.3 is 4.42 Å². The van der Waals surface area contributed by atoms with Crippen molar-refractivity contribution in [2.75, 3.05) is 0 Å². The van der Waals surface area contributed by atoms with Gasteiger partial charge in [0.1, 0.15) is 22.8 Å². The number of unbranched alkanes of at least 4 members (excludes halogenated alkanes) is 2. The average molecular weight is 384 g/mol. The third-order valence-corrected chi connectivity index (χ3v) is 5.20. The summed E-state index contributed by atoms with van der Waals surface area (Å²) in [5.41, 5.74) is 1.30. The van der Waals surface area contributed by atoms with E-state index >= 15 is 0 Å². The molecule has 28 heavy (non-hydrogen) atoms. The Hall–Kier alpha value is -2.49. The Kier molecular flexibility index (Phi) is 6.61. The van der Waals surface area contributed by atoms with Gasteiger partial charge in [-0.2, -0.15) is 0 Å². The Labute approximate surface area is 164 Å². The SMILES string of the molecule is CCCCCc1ccc(CCc2ccc3cc(CC)oc(=O)c3c2F)c(F)c1. The maximum absolute atomic E-state index is 14.9. The highest BCUT2D eigenvalue weighted by atomic mass is 19.1. The van der Waals surface area contributed by atoms with Crippen LogP contribution in [-0.2, 0) is 25.7 Å². The topological polar surface area (TPSA) is 30.2 Å². The minimum Gasteiger partial charge on any atom is -0.427 e. The van der Waals surface area contributed by atoms with Gasteiger partial charge in [0, 0.05) is 6.42 Å². The first kappa shape index (κ1) is 20.2. The van der Waals surface area contributed by atoms with Crippen molar-refractivity contribution in [2.24, 2.45) is 0 Å². The number of hydrogen-bond donors (Lipinski definition) is 0. The molecule has 0 saturated heterocycles. The molecular formula is C24H26F2O2. The van der Waals surface area contributed by atoms with Gasteiger partial charge in [-0.05, 0) is 59.9 Å². The van der Waals surface area contributed by atoms with E-state index in [2.05, 4.69) is 6.92 Å². The Bertz CT molecular complexity index is 1020. The first-order valence-electron chi connectivity index (χ1n) is 10.0. The molecule has 0 spiro atoms. The van der Waals surface area contributed by atoms with Crippen LogP contribution in [0.2, 0.25) is 0 Å². The molecule has 1 aromatic heterocycles. The lowest BCUT2D eigenvalue weighted by molar-refractivity contribution is 0.469. The predicted molar refractivity (Wildman–Crippen MR) is 109 cm³/mol. The maximum Gasteiger partial charge on any atom is 0.346 e. The van der Waals surface area contributed by atoms with Crippen molar-refractivity contribution < 1.29 is 13.2 Å². The zero-order valence-electron chi connectivity index (χ0n) is 16.5. The van der Waals surface area contributed by atoms with Crippen LogP contribution < -0.4 is 5.63 Å². The fourth-order valence-corrected chi connectivity index (χ4v) is 3.50.